The monoisotopic (exact) mass is 896 g/mol. The van der Waals surface area contributed by atoms with E-state index < -0.39 is 5.97 Å². The van der Waals surface area contributed by atoms with E-state index in [2.05, 4.69) is 82.9 Å². The standard InChI is InChI=1S/C27H29N5O2.C26H27N5O2/c1-18-12-19(2)17-31(16-18)25-9-5-8-23(29-25)14-22-15-24(30-32-11-10-28-26(22)32)20-6-4-7-21(13-20)27(33)34-3;1-17-11-18(2)16-30(15-17)24-8-4-7-22(28-24)13-21-14-23(29-31-10-9-27-25(21)31)19-5-3-6-20(12-19)26(32)33/h4-11,13,15,18-19H,12,14,16-17H2,1-3H3;3-10,12,14,17-18H,11,13,15-16H2,1-2H3,(H,32,33). The third-order valence-electron chi connectivity index (χ3n) is 12.6. The largest absolute Gasteiger partial charge is 0.478 e. The summed E-state index contributed by atoms with van der Waals surface area (Å²) in [5.74, 6) is 3.39. The van der Waals surface area contributed by atoms with Gasteiger partial charge in [0.1, 0.15) is 11.6 Å². The number of carboxylic acids is 1. The quantitative estimate of drug-likeness (QED) is 0.130. The number of anilines is 2. The van der Waals surface area contributed by atoms with Gasteiger partial charge in [-0.3, -0.25) is 0 Å². The van der Waals surface area contributed by atoms with Gasteiger partial charge >= 0.3 is 11.9 Å². The molecule has 0 saturated carbocycles. The van der Waals surface area contributed by atoms with Gasteiger partial charge in [-0.1, -0.05) is 64.1 Å². The van der Waals surface area contributed by atoms with Gasteiger partial charge in [-0.05, 0) is 97.2 Å². The van der Waals surface area contributed by atoms with Crippen LogP contribution in [0, 0.1) is 23.7 Å². The van der Waals surface area contributed by atoms with Crippen molar-refractivity contribution in [2.24, 2.45) is 23.7 Å². The van der Waals surface area contributed by atoms with E-state index in [9.17, 15) is 14.7 Å². The summed E-state index contributed by atoms with van der Waals surface area (Å²) in [7, 11) is 1.38. The Bertz CT molecular complexity index is 3030. The van der Waals surface area contributed by atoms with Crippen molar-refractivity contribution < 1.29 is 19.4 Å². The zero-order chi connectivity index (χ0) is 46.6. The number of methoxy groups -OCH3 is 1. The molecule has 14 heteroatoms. The average molecular weight is 897 g/mol. The minimum absolute atomic E-state index is 0.237. The molecule has 8 aromatic rings. The summed E-state index contributed by atoms with van der Waals surface area (Å²) in [6.45, 7) is 13.4. The molecule has 14 nitrogen and oxygen atoms in total. The molecule has 0 bridgehead atoms. The zero-order valence-corrected chi connectivity index (χ0v) is 38.7. The second kappa shape index (κ2) is 19.5. The Kier molecular flexibility index (Phi) is 13.0. The molecular formula is C53H56N10O4. The Hall–Kier alpha value is -7.48. The maximum atomic E-state index is 12.0. The molecule has 10 rings (SSSR count). The van der Waals surface area contributed by atoms with Crippen LogP contribution in [-0.4, -0.2) is 89.5 Å². The van der Waals surface area contributed by atoms with Crippen molar-refractivity contribution in [1.82, 2.24) is 39.2 Å². The van der Waals surface area contributed by atoms with E-state index in [-0.39, 0.29) is 11.5 Å². The van der Waals surface area contributed by atoms with Crippen LogP contribution >= 0.6 is 0 Å². The summed E-state index contributed by atoms with van der Waals surface area (Å²) >= 11 is 0. The number of piperidine rings is 2. The van der Waals surface area contributed by atoms with Crippen molar-refractivity contribution in [2.45, 2.75) is 53.4 Å². The Labute approximate surface area is 390 Å². The van der Waals surface area contributed by atoms with Crippen LogP contribution in [0.1, 0.15) is 83.8 Å². The lowest BCUT2D eigenvalue weighted by molar-refractivity contribution is 0.0599. The summed E-state index contributed by atoms with van der Waals surface area (Å²) in [6.07, 6.45) is 10.9. The molecule has 6 aromatic heterocycles. The Balaban J connectivity index is 0.000000168. The molecule has 8 heterocycles. The second-order valence-electron chi connectivity index (χ2n) is 18.5. The van der Waals surface area contributed by atoms with Gasteiger partial charge in [0, 0.05) is 97.4 Å². The number of hydrogen-bond acceptors (Lipinski definition) is 11. The van der Waals surface area contributed by atoms with Crippen LogP contribution in [0.15, 0.2) is 122 Å². The number of esters is 1. The predicted molar refractivity (Wildman–Crippen MR) is 260 cm³/mol. The highest BCUT2D eigenvalue weighted by Crippen LogP contribution is 2.29. The molecule has 4 unspecified atom stereocenters. The fraction of sp³-hybridized carbons (Fsp3) is 0.321. The summed E-state index contributed by atoms with van der Waals surface area (Å²) in [6, 6.07) is 30.7. The van der Waals surface area contributed by atoms with E-state index in [0.29, 0.717) is 47.8 Å². The number of aromatic carboxylic acids is 1. The van der Waals surface area contributed by atoms with Crippen molar-refractivity contribution in [3.05, 3.63) is 155 Å². The lowest BCUT2D eigenvalue weighted by Crippen LogP contribution is -2.39. The number of imidazole rings is 2. The van der Waals surface area contributed by atoms with Gasteiger partial charge in [0.25, 0.3) is 0 Å². The summed E-state index contributed by atoms with van der Waals surface area (Å²) in [4.78, 5) is 47.2. The molecule has 2 aliphatic rings. The SMILES string of the molecule is CC1CC(C)CN(c2cccc(Cc3cc(-c4cccc(C(=O)O)c4)nn4ccnc34)n2)C1.COC(=O)c1cccc(-c2cc(Cc3cccc(N4CC(C)CC(C)C4)n3)c3nccn3n2)c1. The van der Waals surface area contributed by atoms with Gasteiger partial charge in [0.2, 0.25) is 0 Å². The smallest absolute Gasteiger partial charge is 0.337 e. The number of carbonyl (C=O) groups excluding carboxylic acids is 1. The van der Waals surface area contributed by atoms with E-state index in [4.69, 9.17) is 19.8 Å². The van der Waals surface area contributed by atoms with E-state index in [1.165, 1.54) is 20.0 Å². The van der Waals surface area contributed by atoms with Crippen LogP contribution in [-0.2, 0) is 17.6 Å². The molecule has 2 aliphatic heterocycles. The Morgan fingerprint density at radius 3 is 1.48 bits per heavy atom. The molecule has 0 radical (unpaired) electrons. The van der Waals surface area contributed by atoms with E-state index in [1.54, 1.807) is 51.8 Å². The van der Waals surface area contributed by atoms with E-state index in [1.807, 2.05) is 48.8 Å². The first-order valence-electron chi connectivity index (χ1n) is 23.1. The van der Waals surface area contributed by atoms with Crippen LogP contribution in [0.5, 0.6) is 0 Å². The van der Waals surface area contributed by atoms with E-state index >= 15 is 0 Å². The molecule has 0 amide bonds. The fourth-order valence-electron chi connectivity index (χ4n) is 9.81. The first kappa shape index (κ1) is 44.7. The number of carboxylic acid groups (broad SMARTS) is 1. The molecule has 67 heavy (non-hydrogen) atoms. The number of hydrogen-bond donors (Lipinski definition) is 1. The van der Waals surface area contributed by atoms with Gasteiger partial charge in [-0.25, -0.2) is 38.6 Å². The first-order chi connectivity index (χ1) is 32.5. The van der Waals surface area contributed by atoms with Crippen molar-refractivity contribution in [1.29, 1.82) is 0 Å². The Morgan fingerprint density at radius 2 is 1.03 bits per heavy atom. The third-order valence-corrected chi connectivity index (χ3v) is 12.6. The van der Waals surface area contributed by atoms with Crippen LogP contribution in [0.25, 0.3) is 33.8 Å². The number of aromatic nitrogens is 8. The van der Waals surface area contributed by atoms with Crippen LogP contribution < -0.4 is 9.80 Å². The van der Waals surface area contributed by atoms with Gasteiger partial charge in [-0.2, -0.15) is 10.2 Å². The van der Waals surface area contributed by atoms with Gasteiger partial charge < -0.3 is 19.6 Å². The topological polar surface area (TPSA) is 156 Å². The number of ether oxygens (including phenoxy) is 1. The minimum atomic E-state index is -0.955. The van der Waals surface area contributed by atoms with Crippen LogP contribution in [0.4, 0.5) is 11.6 Å². The molecule has 4 atom stereocenters. The molecule has 0 aliphatic carbocycles. The van der Waals surface area contributed by atoms with Crippen LogP contribution in [0.3, 0.4) is 0 Å². The molecular weight excluding hydrogens is 841 g/mol. The summed E-state index contributed by atoms with van der Waals surface area (Å²) in [5, 5.41) is 18.7. The molecule has 0 spiro atoms. The normalized spacial score (nSPS) is 18.4. The average Bonchev–Trinajstić information content (AvgIpc) is 4.02. The molecule has 2 aromatic carbocycles. The van der Waals surface area contributed by atoms with Gasteiger partial charge in [-0.15, -0.1) is 0 Å². The number of rotatable bonds is 10. The third kappa shape index (κ3) is 10.3. The number of carbonyl (C=O) groups is 2. The highest BCUT2D eigenvalue weighted by molar-refractivity contribution is 5.91. The first-order valence-corrected chi connectivity index (χ1v) is 23.1. The highest BCUT2D eigenvalue weighted by atomic mass is 16.5. The zero-order valence-electron chi connectivity index (χ0n) is 38.7. The lowest BCUT2D eigenvalue weighted by Gasteiger charge is -2.36. The molecule has 1 N–H and O–H groups in total. The molecule has 342 valence electrons. The summed E-state index contributed by atoms with van der Waals surface area (Å²) in [5.41, 5.74) is 9.37. The van der Waals surface area contributed by atoms with E-state index in [0.717, 1.165) is 88.4 Å². The van der Waals surface area contributed by atoms with Gasteiger partial charge in [0.15, 0.2) is 11.3 Å². The maximum Gasteiger partial charge on any atom is 0.337 e. The number of benzene rings is 2. The maximum absolute atomic E-state index is 12.0. The Morgan fingerprint density at radius 1 is 0.597 bits per heavy atom. The number of fused-ring (bicyclic) bond motifs is 2. The van der Waals surface area contributed by atoms with Crippen molar-refractivity contribution in [3.63, 3.8) is 0 Å². The highest BCUT2D eigenvalue weighted by Gasteiger charge is 2.25. The number of nitrogens with zero attached hydrogens (tertiary/aromatic N) is 10. The van der Waals surface area contributed by atoms with Gasteiger partial charge in [0.05, 0.1) is 29.6 Å². The predicted octanol–water partition coefficient (Wildman–Crippen LogP) is 9.21. The lowest BCUT2D eigenvalue weighted by atomic mass is 9.92. The fourth-order valence-corrected chi connectivity index (χ4v) is 9.81. The second-order valence-corrected chi connectivity index (χ2v) is 18.5. The number of pyridine rings is 2. The molecule has 2 saturated heterocycles. The van der Waals surface area contributed by atoms with Crippen LogP contribution in [0.2, 0.25) is 0 Å². The molecule has 2 fully saturated rings. The van der Waals surface area contributed by atoms with Crippen molar-refractivity contribution in [3.8, 4) is 22.5 Å². The van der Waals surface area contributed by atoms with Crippen molar-refractivity contribution >= 4 is 34.9 Å². The summed E-state index contributed by atoms with van der Waals surface area (Å²) < 4.78 is 8.41. The van der Waals surface area contributed by atoms with Crippen molar-refractivity contribution in [2.75, 3.05) is 43.1 Å². The minimum Gasteiger partial charge on any atom is -0.478 e.